The van der Waals surface area contributed by atoms with Crippen LogP contribution in [0, 0.1) is 0 Å². The SMILES string of the molecule is CCNCc1cccc(Br)c1OCc1ccc(Br)s1. The number of para-hydroxylation sites is 1. The summed E-state index contributed by atoms with van der Waals surface area (Å²) in [4.78, 5) is 1.21. The number of halogens is 2. The second-order valence-electron chi connectivity index (χ2n) is 4.00. The van der Waals surface area contributed by atoms with Crippen LogP contribution in [-0.2, 0) is 13.2 Å². The summed E-state index contributed by atoms with van der Waals surface area (Å²) < 4.78 is 8.10. The lowest BCUT2D eigenvalue weighted by Gasteiger charge is -2.13. The molecule has 2 rings (SSSR count). The first-order chi connectivity index (χ1) is 9.20. The smallest absolute Gasteiger partial charge is 0.138 e. The van der Waals surface area contributed by atoms with Crippen molar-refractivity contribution in [3.05, 3.63) is 49.0 Å². The summed E-state index contributed by atoms with van der Waals surface area (Å²) in [7, 11) is 0. The molecule has 0 radical (unpaired) electrons. The number of ether oxygens (including phenoxy) is 1. The highest BCUT2D eigenvalue weighted by atomic mass is 79.9. The Morgan fingerprint density at radius 1 is 1.21 bits per heavy atom. The van der Waals surface area contributed by atoms with Crippen LogP contribution in [0.3, 0.4) is 0 Å². The van der Waals surface area contributed by atoms with Gasteiger partial charge in [0.15, 0.2) is 0 Å². The zero-order chi connectivity index (χ0) is 13.7. The van der Waals surface area contributed by atoms with E-state index in [1.165, 1.54) is 10.4 Å². The molecule has 5 heteroatoms. The van der Waals surface area contributed by atoms with Gasteiger partial charge in [0.2, 0.25) is 0 Å². The van der Waals surface area contributed by atoms with Crippen molar-refractivity contribution in [2.45, 2.75) is 20.1 Å². The quantitative estimate of drug-likeness (QED) is 0.734. The van der Waals surface area contributed by atoms with Crippen LogP contribution in [0.25, 0.3) is 0 Å². The molecule has 0 aliphatic heterocycles. The van der Waals surface area contributed by atoms with Crippen LogP contribution in [0.4, 0.5) is 0 Å². The third-order valence-electron chi connectivity index (χ3n) is 2.60. The van der Waals surface area contributed by atoms with Crippen LogP contribution in [-0.4, -0.2) is 6.54 Å². The molecule has 0 atom stereocenters. The summed E-state index contributed by atoms with van der Waals surface area (Å²) in [6.07, 6.45) is 0. The number of nitrogens with one attached hydrogen (secondary N) is 1. The largest absolute Gasteiger partial charge is 0.487 e. The Labute approximate surface area is 134 Å². The molecule has 0 saturated heterocycles. The van der Waals surface area contributed by atoms with Crippen LogP contribution in [0.15, 0.2) is 38.6 Å². The van der Waals surface area contributed by atoms with E-state index in [1.54, 1.807) is 11.3 Å². The monoisotopic (exact) mass is 403 g/mol. The van der Waals surface area contributed by atoms with Crippen LogP contribution in [0.2, 0.25) is 0 Å². The van der Waals surface area contributed by atoms with Crippen LogP contribution in [0.1, 0.15) is 17.4 Å². The molecule has 1 heterocycles. The summed E-state index contributed by atoms with van der Waals surface area (Å²) in [5.41, 5.74) is 1.17. The van der Waals surface area contributed by atoms with E-state index in [2.05, 4.69) is 56.2 Å². The van der Waals surface area contributed by atoms with Crippen molar-refractivity contribution in [2.75, 3.05) is 6.54 Å². The summed E-state index contributed by atoms with van der Waals surface area (Å²) >= 11 is 8.72. The Morgan fingerprint density at radius 2 is 2.05 bits per heavy atom. The summed E-state index contributed by atoms with van der Waals surface area (Å²) in [5, 5.41) is 3.33. The van der Waals surface area contributed by atoms with Gasteiger partial charge in [-0.15, -0.1) is 11.3 Å². The minimum atomic E-state index is 0.595. The highest BCUT2D eigenvalue weighted by Crippen LogP contribution is 2.31. The van der Waals surface area contributed by atoms with Crippen molar-refractivity contribution in [1.82, 2.24) is 5.32 Å². The average Bonchev–Trinajstić information content (AvgIpc) is 2.81. The molecule has 0 fully saturated rings. The number of rotatable bonds is 6. The molecular weight excluding hydrogens is 390 g/mol. The first-order valence-electron chi connectivity index (χ1n) is 6.06. The molecule has 0 amide bonds. The third kappa shape index (κ3) is 4.31. The second kappa shape index (κ2) is 7.43. The van der Waals surface area contributed by atoms with E-state index in [4.69, 9.17) is 4.74 Å². The van der Waals surface area contributed by atoms with Crippen LogP contribution < -0.4 is 10.1 Å². The van der Waals surface area contributed by atoms with Gasteiger partial charge >= 0.3 is 0 Å². The normalized spacial score (nSPS) is 10.7. The van der Waals surface area contributed by atoms with Crippen molar-refractivity contribution < 1.29 is 4.74 Å². The molecule has 2 aromatic rings. The van der Waals surface area contributed by atoms with Gasteiger partial charge in [0.1, 0.15) is 12.4 Å². The van der Waals surface area contributed by atoms with Gasteiger partial charge in [-0.3, -0.25) is 0 Å². The Bertz CT molecular complexity index is 542. The van der Waals surface area contributed by atoms with Gasteiger partial charge in [-0.25, -0.2) is 0 Å². The number of hydrogen-bond donors (Lipinski definition) is 1. The van der Waals surface area contributed by atoms with E-state index < -0.39 is 0 Å². The van der Waals surface area contributed by atoms with E-state index in [0.717, 1.165) is 27.1 Å². The maximum Gasteiger partial charge on any atom is 0.138 e. The maximum atomic E-state index is 5.97. The molecule has 1 N–H and O–H groups in total. The molecule has 0 aliphatic rings. The second-order valence-corrected chi connectivity index (χ2v) is 7.40. The highest BCUT2D eigenvalue weighted by Gasteiger charge is 2.08. The van der Waals surface area contributed by atoms with E-state index in [0.29, 0.717) is 6.61 Å². The fraction of sp³-hybridized carbons (Fsp3) is 0.286. The fourth-order valence-corrected chi connectivity index (χ4v) is 3.60. The summed E-state index contributed by atoms with van der Waals surface area (Å²) in [6.45, 7) is 4.46. The van der Waals surface area contributed by atoms with E-state index in [-0.39, 0.29) is 0 Å². The zero-order valence-electron chi connectivity index (χ0n) is 10.6. The predicted octanol–water partition coefficient (Wildman–Crippen LogP) is 4.96. The zero-order valence-corrected chi connectivity index (χ0v) is 14.6. The summed E-state index contributed by atoms with van der Waals surface area (Å²) in [6, 6.07) is 10.3. The van der Waals surface area contributed by atoms with Crippen LogP contribution >= 0.6 is 43.2 Å². The average molecular weight is 405 g/mol. The molecule has 0 aliphatic carbocycles. The Morgan fingerprint density at radius 3 is 2.74 bits per heavy atom. The first kappa shape index (κ1) is 15.0. The van der Waals surface area contributed by atoms with Crippen molar-refractivity contribution in [2.24, 2.45) is 0 Å². The Balaban J connectivity index is 2.09. The number of thiophene rings is 1. The van der Waals surface area contributed by atoms with E-state index in [1.807, 2.05) is 18.2 Å². The first-order valence-corrected chi connectivity index (χ1v) is 8.46. The lowest BCUT2D eigenvalue weighted by Crippen LogP contribution is -2.13. The van der Waals surface area contributed by atoms with Crippen molar-refractivity contribution in [3.8, 4) is 5.75 Å². The molecule has 1 aromatic heterocycles. The van der Waals surface area contributed by atoms with Gasteiger partial charge in [0.25, 0.3) is 0 Å². The van der Waals surface area contributed by atoms with E-state index in [9.17, 15) is 0 Å². The minimum Gasteiger partial charge on any atom is -0.487 e. The predicted molar refractivity (Wildman–Crippen MR) is 87.9 cm³/mol. The fourth-order valence-electron chi connectivity index (χ4n) is 1.69. The van der Waals surface area contributed by atoms with Crippen LogP contribution in [0.5, 0.6) is 5.75 Å². The highest BCUT2D eigenvalue weighted by molar-refractivity contribution is 9.11. The lowest BCUT2D eigenvalue weighted by molar-refractivity contribution is 0.303. The van der Waals surface area contributed by atoms with Gasteiger partial charge in [0, 0.05) is 17.0 Å². The Hall–Kier alpha value is -0.360. The molecule has 19 heavy (non-hydrogen) atoms. The molecule has 102 valence electrons. The van der Waals surface area contributed by atoms with Gasteiger partial charge in [-0.2, -0.15) is 0 Å². The third-order valence-corrected chi connectivity index (χ3v) is 4.82. The Kier molecular flexibility index (Phi) is 5.88. The standard InChI is InChI=1S/C14H15Br2NOS/c1-2-17-8-10-4-3-5-12(15)14(10)18-9-11-6-7-13(16)19-11/h3-7,17H,2,8-9H2,1H3. The summed E-state index contributed by atoms with van der Waals surface area (Å²) in [5.74, 6) is 0.924. The van der Waals surface area contributed by atoms with Gasteiger partial charge in [-0.05, 0) is 56.6 Å². The molecule has 0 spiro atoms. The van der Waals surface area contributed by atoms with Gasteiger partial charge in [-0.1, -0.05) is 19.1 Å². The minimum absolute atomic E-state index is 0.595. The molecule has 0 saturated carbocycles. The van der Waals surface area contributed by atoms with Crippen molar-refractivity contribution in [1.29, 1.82) is 0 Å². The van der Waals surface area contributed by atoms with Gasteiger partial charge in [0.05, 0.1) is 8.26 Å². The maximum absolute atomic E-state index is 5.97. The van der Waals surface area contributed by atoms with E-state index >= 15 is 0 Å². The van der Waals surface area contributed by atoms with Crippen molar-refractivity contribution >= 4 is 43.2 Å². The van der Waals surface area contributed by atoms with Gasteiger partial charge < -0.3 is 10.1 Å². The molecule has 0 unspecified atom stereocenters. The molecule has 1 aromatic carbocycles. The molecule has 2 nitrogen and oxygen atoms in total. The molecular formula is C14H15Br2NOS. The lowest BCUT2D eigenvalue weighted by atomic mass is 10.2. The topological polar surface area (TPSA) is 21.3 Å². The van der Waals surface area contributed by atoms with Crippen molar-refractivity contribution in [3.63, 3.8) is 0 Å². The molecule has 0 bridgehead atoms. The number of hydrogen-bond acceptors (Lipinski definition) is 3. The number of benzene rings is 1.